The zero-order valence-electron chi connectivity index (χ0n) is 11.3. The van der Waals surface area contributed by atoms with Gasteiger partial charge in [0.2, 0.25) is 0 Å². The largest absolute Gasteiger partial charge is 0.391 e. The summed E-state index contributed by atoms with van der Waals surface area (Å²) in [4.78, 5) is 0. The van der Waals surface area contributed by atoms with E-state index in [0.29, 0.717) is 22.3 Å². The molecule has 21 heavy (non-hydrogen) atoms. The number of benzene rings is 1. The molecule has 2 unspecified atom stereocenters. The minimum Gasteiger partial charge on any atom is -0.378 e. The number of nitrogens with one attached hydrogen (secondary N) is 1. The number of nitrogens with two attached hydrogens (primary N) is 1. The molecule has 0 saturated heterocycles. The molecule has 0 amide bonds. The van der Waals surface area contributed by atoms with Crippen molar-refractivity contribution in [2.45, 2.75) is 37.4 Å². The lowest BCUT2D eigenvalue weighted by molar-refractivity contribution is -0.185. The summed E-state index contributed by atoms with van der Waals surface area (Å²) in [5.41, 5.74) is 5.80. The van der Waals surface area contributed by atoms with Crippen LogP contribution in [-0.4, -0.2) is 18.3 Å². The summed E-state index contributed by atoms with van der Waals surface area (Å²) in [6.45, 7) is 0.166. The van der Waals surface area contributed by atoms with Gasteiger partial charge in [-0.3, -0.25) is 0 Å². The van der Waals surface area contributed by atoms with Gasteiger partial charge in [0.05, 0.1) is 16.5 Å². The molecule has 1 aliphatic rings. The van der Waals surface area contributed by atoms with Gasteiger partial charge in [-0.2, -0.15) is 13.2 Å². The van der Waals surface area contributed by atoms with Gasteiger partial charge in [-0.15, -0.1) is 0 Å². The molecule has 118 valence electrons. The maximum atomic E-state index is 13.0. The summed E-state index contributed by atoms with van der Waals surface area (Å²) in [5.74, 6) is -1.29. The monoisotopic (exact) mass is 384 g/mol. The smallest absolute Gasteiger partial charge is 0.378 e. The molecule has 0 radical (unpaired) electrons. The van der Waals surface area contributed by atoms with Crippen LogP contribution in [0.2, 0.25) is 5.02 Å². The van der Waals surface area contributed by atoms with Gasteiger partial charge in [-0.25, -0.2) is 0 Å². The first-order chi connectivity index (χ1) is 9.76. The molecule has 0 bridgehead atoms. The van der Waals surface area contributed by atoms with Crippen LogP contribution in [-0.2, 0) is 0 Å². The first-order valence-electron chi connectivity index (χ1n) is 6.76. The van der Waals surface area contributed by atoms with E-state index in [1.165, 1.54) is 0 Å². The van der Waals surface area contributed by atoms with Crippen LogP contribution >= 0.6 is 27.5 Å². The number of hydrogen-bond acceptors (Lipinski definition) is 2. The van der Waals surface area contributed by atoms with Crippen molar-refractivity contribution in [3.8, 4) is 0 Å². The normalized spacial score (nSPS) is 26.7. The lowest BCUT2D eigenvalue weighted by Gasteiger charge is -2.42. The maximum absolute atomic E-state index is 13.0. The van der Waals surface area contributed by atoms with Gasteiger partial charge in [0, 0.05) is 16.7 Å². The van der Waals surface area contributed by atoms with Gasteiger partial charge in [0.15, 0.2) is 0 Å². The van der Waals surface area contributed by atoms with Crippen LogP contribution in [0, 0.1) is 5.92 Å². The Labute approximate surface area is 135 Å². The second-order valence-electron chi connectivity index (χ2n) is 5.57. The first-order valence-corrected chi connectivity index (χ1v) is 7.93. The van der Waals surface area contributed by atoms with Gasteiger partial charge < -0.3 is 11.1 Å². The van der Waals surface area contributed by atoms with E-state index in [1.54, 1.807) is 18.2 Å². The average Bonchev–Trinajstić information content (AvgIpc) is 2.42. The molecule has 1 aliphatic carbocycles. The Morgan fingerprint density at radius 2 is 2.14 bits per heavy atom. The zero-order chi connectivity index (χ0) is 15.7. The number of hydrogen-bond donors (Lipinski definition) is 2. The Balaban J connectivity index is 2.19. The third-order valence-electron chi connectivity index (χ3n) is 4.03. The summed E-state index contributed by atoms with van der Waals surface area (Å²) in [6.07, 6.45) is -2.83. The van der Waals surface area contributed by atoms with E-state index in [9.17, 15) is 13.2 Å². The van der Waals surface area contributed by atoms with Crippen molar-refractivity contribution < 1.29 is 13.2 Å². The summed E-state index contributed by atoms with van der Waals surface area (Å²) in [7, 11) is 0. The standard InChI is InChI=1S/C14H17BrClF3N2/c15-11-6-10(3-4-12(11)16)21-13(8-20)5-1-2-9(7-13)14(17,18)19/h3-4,6,9,21H,1-2,5,7-8,20H2. The fourth-order valence-electron chi connectivity index (χ4n) is 2.87. The van der Waals surface area contributed by atoms with Gasteiger partial charge in [0.1, 0.15) is 0 Å². The molecule has 0 aromatic heterocycles. The third-order valence-corrected chi connectivity index (χ3v) is 5.24. The quantitative estimate of drug-likeness (QED) is 0.771. The van der Waals surface area contributed by atoms with E-state index in [2.05, 4.69) is 21.2 Å². The topological polar surface area (TPSA) is 38.0 Å². The molecule has 3 N–H and O–H groups in total. The van der Waals surface area contributed by atoms with Gasteiger partial charge in [-0.1, -0.05) is 18.0 Å². The van der Waals surface area contributed by atoms with Crippen LogP contribution in [0.5, 0.6) is 0 Å². The molecule has 7 heteroatoms. The summed E-state index contributed by atoms with van der Waals surface area (Å²) < 4.78 is 39.6. The summed E-state index contributed by atoms with van der Waals surface area (Å²) >= 11 is 9.24. The first kappa shape index (κ1) is 16.9. The van der Waals surface area contributed by atoms with Crippen molar-refractivity contribution in [1.29, 1.82) is 0 Å². The minimum atomic E-state index is -4.16. The van der Waals surface area contributed by atoms with Crippen molar-refractivity contribution in [3.05, 3.63) is 27.7 Å². The highest BCUT2D eigenvalue weighted by Crippen LogP contribution is 2.43. The lowest BCUT2D eigenvalue weighted by atomic mass is 9.75. The molecule has 0 aliphatic heterocycles. The Morgan fingerprint density at radius 3 is 2.71 bits per heavy atom. The van der Waals surface area contributed by atoms with Gasteiger partial charge in [0.25, 0.3) is 0 Å². The SMILES string of the molecule is NCC1(Nc2ccc(Cl)c(Br)c2)CCCC(C(F)(F)F)C1. The minimum absolute atomic E-state index is 0.00719. The predicted molar refractivity (Wildman–Crippen MR) is 82.6 cm³/mol. The fraction of sp³-hybridized carbons (Fsp3) is 0.571. The van der Waals surface area contributed by atoms with Crippen molar-refractivity contribution in [1.82, 2.24) is 0 Å². The second kappa shape index (κ2) is 6.34. The van der Waals surface area contributed by atoms with Crippen LogP contribution < -0.4 is 11.1 Å². The maximum Gasteiger partial charge on any atom is 0.391 e. The van der Waals surface area contributed by atoms with Crippen LogP contribution in [0.25, 0.3) is 0 Å². The Morgan fingerprint density at radius 1 is 1.43 bits per heavy atom. The van der Waals surface area contributed by atoms with Crippen LogP contribution in [0.3, 0.4) is 0 Å². The molecular formula is C14H17BrClF3N2. The van der Waals surface area contributed by atoms with Gasteiger partial charge in [-0.05, 0) is 53.4 Å². The molecule has 0 heterocycles. The number of halogens is 5. The lowest BCUT2D eigenvalue weighted by Crippen LogP contribution is -2.51. The van der Waals surface area contributed by atoms with Crippen LogP contribution in [0.4, 0.5) is 18.9 Å². The molecule has 2 nitrogen and oxygen atoms in total. The molecule has 2 rings (SSSR count). The van der Waals surface area contributed by atoms with Crippen molar-refractivity contribution in [2.75, 3.05) is 11.9 Å². The number of anilines is 1. The zero-order valence-corrected chi connectivity index (χ0v) is 13.7. The Kier molecular flexibility index (Phi) is 5.11. The van der Waals surface area contributed by atoms with E-state index in [-0.39, 0.29) is 19.4 Å². The van der Waals surface area contributed by atoms with E-state index in [0.717, 1.165) is 5.69 Å². The van der Waals surface area contributed by atoms with E-state index < -0.39 is 17.6 Å². The van der Waals surface area contributed by atoms with Crippen molar-refractivity contribution in [2.24, 2.45) is 11.7 Å². The number of rotatable bonds is 3. The van der Waals surface area contributed by atoms with Gasteiger partial charge >= 0.3 is 6.18 Å². The molecule has 1 aromatic rings. The fourth-order valence-corrected chi connectivity index (χ4v) is 3.37. The molecule has 1 fully saturated rings. The Hall–Kier alpha value is -0.460. The van der Waals surface area contributed by atoms with E-state index in [1.807, 2.05) is 0 Å². The van der Waals surface area contributed by atoms with Crippen LogP contribution in [0.1, 0.15) is 25.7 Å². The highest BCUT2D eigenvalue weighted by molar-refractivity contribution is 9.10. The Bertz CT molecular complexity index is 509. The molecule has 0 spiro atoms. The number of alkyl halides is 3. The van der Waals surface area contributed by atoms with Crippen LogP contribution in [0.15, 0.2) is 22.7 Å². The third kappa shape index (κ3) is 4.05. The highest BCUT2D eigenvalue weighted by Gasteiger charge is 2.47. The highest BCUT2D eigenvalue weighted by atomic mass is 79.9. The molecule has 2 atom stereocenters. The molecule has 1 aromatic carbocycles. The molecular weight excluding hydrogens is 369 g/mol. The predicted octanol–water partition coefficient (Wildman–Crippen LogP) is 4.96. The molecule has 1 saturated carbocycles. The van der Waals surface area contributed by atoms with Crippen molar-refractivity contribution in [3.63, 3.8) is 0 Å². The summed E-state index contributed by atoms with van der Waals surface area (Å²) in [6, 6.07) is 5.21. The van der Waals surface area contributed by atoms with Crippen molar-refractivity contribution >= 4 is 33.2 Å². The van der Waals surface area contributed by atoms with E-state index >= 15 is 0 Å². The van der Waals surface area contributed by atoms with E-state index in [4.69, 9.17) is 17.3 Å². The second-order valence-corrected chi connectivity index (χ2v) is 6.83. The average molecular weight is 386 g/mol. The summed E-state index contributed by atoms with van der Waals surface area (Å²) in [5, 5.41) is 3.76.